The first-order valence-electron chi connectivity index (χ1n) is 16.5. The van der Waals surface area contributed by atoms with Crippen LogP contribution >= 0.6 is 0 Å². The van der Waals surface area contributed by atoms with Crippen molar-refractivity contribution in [3.05, 3.63) is 45.9 Å². The monoisotopic (exact) mass is 579 g/mol. The van der Waals surface area contributed by atoms with Crippen LogP contribution in [0.15, 0.2) is 12.1 Å². The van der Waals surface area contributed by atoms with Gasteiger partial charge in [-0.15, -0.1) is 0 Å². The molecule has 8 rings (SSSR count). The molecule has 4 fully saturated rings. The number of fused-ring (bicyclic) bond motifs is 4. The van der Waals surface area contributed by atoms with Crippen LogP contribution in [0.1, 0.15) is 104 Å². The van der Waals surface area contributed by atoms with Gasteiger partial charge in [0.05, 0.1) is 17.3 Å². The first kappa shape index (κ1) is 27.3. The summed E-state index contributed by atoms with van der Waals surface area (Å²) >= 11 is 0. The third-order valence-electron chi connectivity index (χ3n) is 12.4. The molecule has 1 aromatic carbocycles. The molecule has 8 heteroatoms. The number of benzene rings is 1. The molecular weight excluding hydrogens is 537 g/mol. The minimum absolute atomic E-state index is 0.0449. The lowest BCUT2D eigenvalue weighted by atomic mass is 9.57. The van der Waals surface area contributed by atoms with Crippen LogP contribution in [0.5, 0.6) is 0 Å². The summed E-state index contributed by atoms with van der Waals surface area (Å²) < 4.78 is 14.5. The fraction of sp³-hybridized carbons (Fsp3) is 0.657. The third kappa shape index (κ3) is 4.12. The third-order valence-corrected chi connectivity index (χ3v) is 12.4. The van der Waals surface area contributed by atoms with E-state index in [1.165, 1.54) is 16.7 Å². The minimum Gasteiger partial charge on any atom is -0.398 e. The maximum atomic E-state index is 14.5. The molecular formula is C35H42FN7. The summed E-state index contributed by atoms with van der Waals surface area (Å²) in [6, 6.07) is 9.00. The maximum absolute atomic E-state index is 14.5. The van der Waals surface area contributed by atoms with Gasteiger partial charge in [0.2, 0.25) is 0 Å². The molecule has 1 aromatic heterocycles. The summed E-state index contributed by atoms with van der Waals surface area (Å²) in [4.78, 5) is 15.4. The Morgan fingerprint density at radius 3 is 2.74 bits per heavy atom. The lowest BCUT2D eigenvalue weighted by Gasteiger charge is -2.58. The van der Waals surface area contributed by atoms with Gasteiger partial charge in [-0.25, -0.2) is 14.4 Å². The zero-order valence-corrected chi connectivity index (χ0v) is 25.3. The van der Waals surface area contributed by atoms with E-state index in [-0.39, 0.29) is 22.3 Å². The van der Waals surface area contributed by atoms with Gasteiger partial charge in [-0.3, -0.25) is 4.90 Å². The van der Waals surface area contributed by atoms with Gasteiger partial charge in [0.25, 0.3) is 0 Å². The number of nitrogens with zero attached hydrogens (tertiary/aromatic N) is 6. The van der Waals surface area contributed by atoms with Crippen molar-refractivity contribution >= 4 is 11.5 Å². The number of nitriles is 2. The number of nitrogens with two attached hydrogens (primary N) is 1. The van der Waals surface area contributed by atoms with Crippen LogP contribution in [0.4, 0.5) is 15.9 Å². The van der Waals surface area contributed by atoms with Crippen molar-refractivity contribution in [3.8, 4) is 12.1 Å². The Labute approximate surface area is 254 Å². The summed E-state index contributed by atoms with van der Waals surface area (Å²) in [6.07, 6.45) is 10.6. The van der Waals surface area contributed by atoms with Gasteiger partial charge in [-0.05, 0) is 100 Å². The molecule has 4 atom stereocenters. The molecule has 0 bridgehead atoms. The van der Waals surface area contributed by atoms with E-state index in [2.05, 4.69) is 34.9 Å². The predicted octanol–water partition coefficient (Wildman–Crippen LogP) is 5.50. The number of hydrogen-bond acceptors (Lipinski definition) is 7. The molecule has 3 aliphatic carbocycles. The molecule has 1 saturated carbocycles. The van der Waals surface area contributed by atoms with E-state index in [4.69, 9.17) is 15.7 Å². The normalized spacial score (nSPS) is 32.4. The molecule has 0 radical (unpaired) electrons. The highest BCUT2D eigenvalue weighted by Gasteiger charge is 2.54. The quantitative estimate of drug-likeness (QED) is 0.477. The number of hydrogen-bond donors (Lipinski definition) is 1. The molecule has 4 heterocycles. The second-order valence-electron chi connectivity index (χ2n) is 15.1. The Morgan fingerprint density at radius 1 is 1.12 bits per heavy atom. The van der Waals surface area contributed by atoms with E-state index in [9.17, 15) is 14.9 Å². The summed E-state index contributed by atoms with van der Waals surface area (Å²) in [5.74, 6) is 2.58. The molecule has 224 valence electrons. The average molecular weight is 580 g/mol. The van der Waals surface area contributed by atoms with Crippen LogP contribution in [-0.4, -0.2) is 52.8 Å². The fourth-order valence-corrected chi connectivity index (χ4v) is 10.3. The number of halogens is 1. The standard InChI is InChI=1S/C35H42FN7/c1-22-5-9-34(31-25(22)3-4-28(39)27(31)18-38)10-6-26-29(16-34)40-30(7-11-35-8-2-12-43(35)19-24(36)15-35)41-32(26)42-20-33(21-42)13-23(14-33)17-37/h3-4,22-24H,2,5-16,19-21,39H2,1H3. The first-order valence-corrected chi connectivity index (χ1v) is 16.5. The van der Waals surface area contributed by atoms with E-state index in [1.807, 2.05) is 6.07 Å². The Bertz CT molecular complexity index is 1560. The minimum atomic E-state index is -0.729. The second-order valence-corrected chi connectivity index (χ2v) is 15.1. The van der Waals surface area contributed by atoms with E-state index < -0.39 is 6.17 Å². The number of anilines is 2. The highest BCUT2D eigenvalue weighted by Crippen LogP contribution is 2.55. The van der Waals surface area contributed by atoms with Crippen molar-refractivity contribution in [3.63, 3.8) is 0 Å². The molecule has 6 aliphatic rings. The average Bonchev–Trinajstić information content (AvgIpc) is 3.48. The lowest BCUT2D eigenvalue weighted by molar-refractivity contribution is 0.0509. The van der Waals surface area contributed by atoms with Gasteiger partial charge in [0, 0.05) is 59.6 Å². The SMILES string of the molecule is CC1CCC2(CCc3c(nc(CCC45CCCN4CC(F)C5)nc3N3CC4(CC(C#N)C4)C3)C2)c2c1ccc(N)c2C#N. The largest absolute Gasteiger partial charge is 0.398 e. The Balaban J connectivity index is 1.15. The van der Waals surface area contributed by atoms with Crippen LogP contribution in [0, 0.1) is 34.0 Å². The molecule has 3 saturated heterocycles. The summed E-state index contributed by atoms with van der Waals surface area (Å²) in [6.45, 7) is 5.78. The highest BCUT2D eigenvalue weighted by molar-refractivity contribution is 5.65. The molecule has 2 spiro atoms. The fourth-order valence-electron chi connectivity index (χ4n) is 10.3. The van der Waals surface area contributed by atoms with Crippen LogP contribution < -0.4 is 10.6 Å². The summed E-state index contributed by atoms with van der Waals surface area (Å²) in [5, 5.41) is 19.6. The second kappa shape index (κ2) is 9.63. The molecule has 43 heavy (non-hydrogen) atoms. The van der Waals surface area contributed by atoms with Gasteiger partial charge in [-0.1, -0.05) is 13.0 Å². The van der Waals surface area contributed by atoms with Crippen molar-refractivity contribution in [2.45, 2.75) is 107 Å². The van der Waals surface area contributed by atoms with Crippen molar-refractivity contribution < 1.29 is 4.39 Å². The zero-order chi connectivity index (χ0) is 29.6. The van der Waals surface area contributed by atoms with Crippen molar-refractivity contribution in [2.75, 3.05) is 36.8 Å². The molecule has 0 amide bonds. The van der Waals surface area contributed by atoms with Crippen LogP contribution in [0.2, 0.25) is 0 Å². The van der Waals surface area contributed by atoms with Gasteiger partial charge < -0.3 is 10.6 Å². The number of nitrogen functional groups attached to an aromatic ring is 1. The molecule has 3 aliphatic heterocycles. The summed E-state index contributed by atoms with van der Waals surface area (Å²) in [7, 11) is 0. The van der Waals surface area contributed by atoms with Crippen LogP contribution in [0.3, 0.4) is 0 Å². The molecule has 2 aromatic rings. The predicted molar refractivity (Wildman–Crippen MR) is 163 cm³/mol. The number of alkyl halides is 1. The number of aromatic nitrogens is 2. The van der Waals surface area contributed by atoms with E-state index in [0.29, 0.717) is 30.1 Å². The van der Waals surface area contributed by atoms with Crippen molar-refractivity contribution in [2.24, 2.45) is 11.3 Å². The Morgan fingerprint density at radius 2 is 1.95 bits per heavy atom. The number of aryl methyl sites for hydroxylation is 1. The van der Waals surface area contributed by atoms with E-state index >= 15 is 0 Å². The number of rotatable bonds is 4. The van der Waals surface area contributed by atoms with Gasteiger partial charge in [0.15, 0.2) is 0 Å². The van der Waals surface area contributed by atoms with Gasteiger partial charge in [-0.2, -0.15) is 10.5 Å². The Kier molecular flexibility index (Phi) is 6.12. The van der Waals surface area contributed by atoms with Gasteiger partial charge >= 0.3 is 0 Å². The van der Waals surface area contributed by atoms with Crippen LogP contribution in [0.25, 0.3) is 0 Å². The molecule has 4 unspecified atom stereocenters. The van der Waals surface area contributed by atoms with Crippen molar-refractivity contribution in [1.29, 1.82) is 10.5 Å². The van der Waals surface area contributed by atoms with Crippen LogP contribution in [-0.2, 0) is 24.7 Å². The van der Waals surface area contributed by atoms with Gasteiger partial charge in [0.1, 0.15) is 23.9 Å². The van der Waals surface area contributed by atoms with Crippen molar-refractivity contribution in [1.82, 2.24) is 14.9 Å². The molecule has 7 nitrogen and oxygen atoms in total. The lowest BCUT2D eigenvalue weighted by Crippen LogP contribution is -2.62. The summed E-state index contributed by atoms with van der Waals surface area (Å²) in [5.41, 5.74) is 12.6. The topological polar surface area (TPSA) is 106 Å². The Hall–Kier alpha value is -3.23. The van der Waals surface area contributed by atoms with E-state index in [0.717, 1.165) is 108 Å². The first-order chi connectivity index (χ1) is 20.8. The smallest absolute Gasteiger partial charge is 0.135 e. The maximum Gasteiger partial charge on any atom is 0.135 e. The zero-order valence-electron chi connectivity index (χ0n) is 25.3. The highest BCUT2D eigenvalue weighted by atomic mass is 19.1. The van der Waals surface area contributed by atoms with E-state index in [1.54, 1.807) is 0 Å². The molecule has 2 N–H and O–H groups in total.